The average molecular weight is 215 g/mol. The number of rotatable bonds is 2. The van der Waals surface area contributed by atoms with Gasteiger partial charge in [-0.05, 0) is 13.0 Å². The van der Waals surface area contributed by atoms with Crippen molar-refractivity contribution in [2.45, 2.75) is 12.8 Å². The minimum absolute atomic E-state index is 0.394. The van der Waals surface area contributed by atoms with Gasteiger partial charge in [-0.2, -0.15) is 4.98 Å². The van der Waals surface area contributed by atoms with E-state index in [2.05, 4.69) is 34.5 Å². The number of nitrogens with one attached hydrogen (secondary N) is 1. The van der Waals surface area contributed by atoms with Crippen molar-refractivity contribution in [3.05, 3.63) is 35.7 Å². The standard InChI is InChI=1S/C12H13N3O/c1-8-3-2-4-9(5-8)11-14-12(16-15-11)10-6-13-7-10/h2-5,10,13H,6-7H2,1H3. The van der Waals surface area contributed by atoms with Crippen LogP contribution in [0.4, 0.5) is 0 Å². The van der Waals surface area contributed by atoms with Crippen LogP contribution in [0.15, 0.2) is 28.8 Å². The minimum Gasteiger partial charge on any atom is -0.339 e. The second-order valence-corrected chi connectivity index (χ2v) is 4.18. The molecule has 2 aromatic rings. The molecule has 0 amide bonds. The lowest BCUT2D eigenvalue weighted by atomic mass is 10.0. The monoisotopic (exact) mass is 215 g/mol. The van der Waals surface area contributed by atoms with E-state index < -0.39 is 0 Å². The first kappa shape index (κ1) is 9.54. The van der Waals surface area contributed by atoms with Crippen LogP contribution in [0.3, 0.4) is 0 Å². The maximum atomic E-state index is 5.26. The zero-order valence-electron chi connectivity index (χ0n) is 9.10. The summed E-state index contributed by atoms with van der Waals surface area (Å²) in [5.41, 5.74) is 2.22. The Morgan fingerprint density at radius 3 is 2.94 bits per heavy atom. The summed E-state index contributed by atoms with van der Waals surface area (Å²) < 4.78 is 5.26. The molecule has 4 nitrogen and oxygen atoms in total. The van der Waals surface area contributed by atoms with Gasteiger partial charge in [0.25, 0.3) is 0 Å². The normalized spacial score (nSPS) is 16.1. The summed E-state index contributed by atoms with van der Waals surface area (Å²) in [6.07, 6.45) is 0. The summed E-state index contributed by atoms with van der Waals surface area (Å²) in [6, 6.07) is 8.13. The number of aryl methyl sites for hydroxylation is 1. The third-order valence-corrected chi connectivity index (χ3v) is 2.85. The number of aromatic nitrogens is 2. The number of benzene rings is 1. The highest BCUT2D eigenvalue weighted by Crippen LogP contribution is 2.22. The molecule has 1 N–H and O–H groups in total. The molecule has 2 heterocycles. The Hall–Kier alpha value is -1.68. The predicted molar refractivity (Wildman–Crippen MR) is 60.1 cm³/mol. The van der Waals surface area contributed by atoms with Crippen molar-refractivity contribution in [3.8, 4) is 11.4 Å². The van der Waals surface area contributed by atoms with Crippen LogP contribution in [-0.4, -0.2) is 23.2 Å². The van der Waals surface area contributed by atoms with Gasteiger partial charge in [0.15, 0.2) is 0 Å². The van der Waals surface area contributed by atoms with Gasteiger partial charge in [-0.25, -0.2) is 0 Å². The molecule has 0 radical (unpaired) electrons. The molecule has 3 rings (SSSR count). The predicted octanol–water partition coefficient (Wildman–Crippen LogP) is 1.73. The molecule has 16 heavy (non-hydrogen) atoms. The van der Waals surface area contributed by atoms with E-state index in [-0.39, 0.29) is 0 Å². The van der Waals surface area contributed by atoms with Crippen LogP contribution in [-0.2, 0) is 0 Å². The van der Waals surface area contributed by atoms with E-state index in [1.165, 1.54) is 5.56 Å². The smallest absolute Gasteiger partial charge is 0.232 e. The third-order valence-electron chi connectivity index (χ3n) is 2.85. The fourth-order valence-corrected chi connectivity index (χ4v) is 1.77. The fourth-order valence-electron chi connectivity index (χ4n) is 1.77. The molecule has 0 unspecified atom stereocenters. The van der Waals surface area contributed by atoms with Crippen LogP contribution < -0.4 is 5.32 Å². The summed E-state index contributed by atoms with van der Waals surface area (Å²) in [7, 11) is 0. The van der Waals surface area contributed by atoms with E-state index in [1.54, 1.807) is 0 Å². The molecule has 1 fully saturated rings. The van der Waals surface area contributed by atoms with E-state index in [0.29, 0.717) is 11.7 Å². The Kier molecular flexibility index (Phi) is 2.22. The maximum absolute atomic E-state index is 5.26. The zero-order chi connectivity index (χ0) is 11.0. The Labute approximate surface area is 93.7 Å². The Bertz CT molecular complexity index is 502. The topological polar surface area (TPSA) is 51.0 Å². The number of hydrogen-bond donors (Lipinski definition) is 1. The summed E-state index contributed by atoms with van der Waals surface area (Å²) in [4.78, 5) is 4.43. The molecule has 4 heteroatoms. The molecule has 1 aromatic carbocycles. The van der Waals surface area contributed by atoms with Crippen LogP contribution in [0.1, 0.15) is 17.4 Å². The van der Waals surface area contributed by atoms with Gasteiger partial charge in [-0.3, -0.25) is 0 Å². The fraction of sp³-hybridized carbons (Fsp3) is 0.333. The van der Waals surface area contributed by atoms with Crippen LogP contribution in [0, 0.1) is 6.92 Å². The van der Waals surface area contributed by atoms with E-state index in [1.807, 2.05) is 12.1 Å². The molecule has 0 aliphatic carbocycles. The Balaban J connectivity index is 1.91. The van der Waals surface area contributed by atoms with Crippen molar-refractivity contribution < 1.29 is 4.52 Å². The lowest BCUT2D eigenvalue weighted by Crippen LogP contribution is -2.40. The first-order valence-electron chi connectivity index (χ1n) is 5.44. The van der Waals surface area contributed by atoms with Crippen LogP contribution in [0.25, 0.3) is 11.4 Å². The van der Waals surface area contributed by atoms with Crippen molar-refractivity contribution in [2.75, 3.05) is 13.1 Å². The number of nitrogens with zero attached hydrogens (tertiary/aromatic N) is 2. The minimum atomic E-state index is 0.394. The maximum Gasteiger partial charge on any atom is 0.232 e. The average Bonchev–Trinajstić information content (AvgIpc) is 2.64. The van der Waals surface area contributed by atoms with Crippen LogP contribution in [0.2, 0.25) is 0 Å². The quantitative estimate of drug-likeness (QED) is 0.829. The molecule has 0 bridgehead atoms. The lowest BCUT2D eigenvalue weighted by Gasteiger charge is -2.22. The number of hydrogen-bond acceptors (Lipinski definition) is 4. The summed E-state index contributed by atoms with van der Waals surface area (Å²) in [6.45, 7) is 3.94. The second-order valence-electron chi connectivity index (χ2n) is 4.18. The molecule has 1 saturated heterocycles. The highest BCUT2D eigenvalue weighted by molar-refractivity contribution is 5.55. The molecule has 1 aromatic heterocycles. The first-order chi connectivity index (χ1) is 7.83. The highest BCUT2D eigenvalue weighted by atomic mass is 16.5. The largest absolute Gasteiger partial charge is 0.339 e. The van der Waals surface area contributed by atoms with Crippen LogP contribution >= 0.6 is 0 Å². The van der Waals surface area contributed by atoms with Gasteiger partial charge >= 0.3 is 0 Å². The van der Waals surface area contributed by atoms with Crippen molar-refractivity contribution in [2.24, 2.45) is 0 Å². The highest BCUT2D eigenvalue weighted by Gasteiger charge is 2.25. The summed E-state index contributed by atoms with van der Waals surface area (Å²) in [5, 5.41) is 7.21. The van der Waals surface area contributed by atoms with E-state index in [0.717, 1.165) is 24.5 Å². The molecule has 0 saturated carbocycles. The van der Waals surface area contributed by atoms with Crippen molar-refractivity contribution in [1.29, 1.82) is 0 Å². The van der Waals surface area contributed by atoms with Crippen molar-refractivity contribution >= 4 is 0 Å². The SMILES string of the molecule is Cc1cccc(-c2noc(C3CNC3)n2)c1. The van der Waals surface area contributed by atoms with Crippen molar-refractivity contribution in [1.82, 2.24) is 15.5 Å². The molecule has 1 aliphatic rings. The van der Waals surface area contributed by atoms with Gasteiger partial charge in [0.1, 0.15) is 0 Å². The summed E-state index contributed by atoms with van der Waals surface area (Å²) in [5.74, 6) is 1.83. The molecule has 0 atom stereocenters. The molecular formula is C12H13N3O. The van der Waals surface area contributed by atoms with Crippen LogP contribution in [0.5, 0.6) is 0 Å². The first-order valence-corrected chi connectivity index (χ1v) is 5.44. The Morgan fingerprint density at radius 1 is 1.38 bits per heavy atom. The van der Waals surface area contributed by atoms with Gasteiger partial charge in [-0.15, -0.1) is 0 Å². The van der Waals surface area contributed by atoms with E-state index >= 15 is 0 Å². The van der Waals surface area contributed by atoms with Crippen molar-refractivity contribution in [3.63, 3.8) is 0 Å². The second kappa shape index (κ2) is 3.72. The lowest BCUT2D eigenvalue weighted by molar-refractivity contribution is 0.308. The third kappa shape index (κ3) is 1.61. The van der Waals surface area contributed by atoms with Gasteiger partial charge in [0.05, 0.1) is 5.92 Å². The van der Waals surface area contributed by atoms with Gasteiger partial charge in [-0.1, -0.05) is 28.9 Å². The van der Waals surface area contributed by atoms with E-state index in [4.69, 9.17) is 4.52 Å². The molecule has 1 aliphatic heterocycles. The summed E-state index contributed by atoms with van der Waals surface area (Å²) >= 11 is 0. The van der Waals surface area contributed by atoms with Gasteiger partial charge < -0.3 is 9.84 Å². The molecule has 0 spiro atoms. The molecular weight excluding hydrogens is 202 g/mol. The zero-order valence-corrected chi connectivity index (χ0v) is 9.10. The Morgan fingerprint density at radius 2 is 2.25 bits per heavy atom. The van der Waals surface area contributed by atoms with Gasteiger partial charge in [0, 0.05) is 18.7 Å². The van der Waals surface area contributed by atoms with E-state index in [9.17, 15) is 0 Å². The van der Waals surface area contributed by atoms with Gasteiger partial charge in [0.2, 0.25) is 11.7 Å². The molecule has 82 valence electrons.